The fourth-order valence-electron chi connectivity index (χ4n) is 3.64. The van der Waals surface area contributed by atoms with E-state index in [1.165, 1.54) is 17.6 Å². The lowest BCUT2D eigenvalue weighted by molar-refractivity contribution is -0.162. The molecule has 0 saturated carbocycles. The quantitative estimate of drug-likeness (QED) is 0.627. The summed E-state index contributed by atoms with van der Waals surface area (Å²) in [5.41, 5.74) is -0.252. The molecule has 3 rings (SSSR count). The van der Waals surface area contributed by atoms with E-state index in [0.29, 0.717) is 30.6 Å². The molecule has 1 aromatic heterocycles. The Morgan fingerprint density at radius 2 is 1.90 bits per heavy atom. The Balaban J connectivity index is 0.000000941. The Labute approximate surface area is 167 Å². The molecule has 3 N–H and O–H groups in total. The molecule has 1 aliphatic heterocycles. The van der Waals surface area contributed by atoms with Crippen molar-refractivity contribution < 1.29 is 29.7 Å². The highest BCUT2D eigenvalue weighted by atomic mass is 16.4. The third kappa shape index (κ3) is 4.60. The fraction of sp³-hybridized carbons (Fsp3) is 0.421. The third-order valence-corrected chi connectivity index (χ3v) is 5.02. The average Bonchev–Trinajstić information content (AvgIpc) is 3.24. The zero-order chi connectivity index (χ0) is 21.4. The predicted octanol–water partition coefficient (Wildman–Crippen LogP) is 1.05. The maximum atomic E-state index is 13.1. The normalized spacial score (nSPS) is 21.0. The molecular formula is C19H24N4O6. The molecule has 0 bridgehead atoms. The number of hydrogen-bond donors (Lipinski definition) is 3. The molecule has 1 saturated heterocycles. The largest absolute Gasteiger partial charge is 0.483 e. The average molecular weight is 404 g/mol. The van der Waals surface area contributed by atoms with Crippen molar-refractivity contribution in [3.8, 4) is 5.69 Å². The van der Waals surface area contributed by atoms with Gasteiger partial charge in [-0.25, -0.2) is 0 Å². The van der Waals surface area contributed by atoms with Crippen LogP contribution in [0, 0.1) is 5.41 Å². The Kier molecular flexibility index (Phi) is 7.43. The van der Waals surface area contributed by atoms with Crippen LogP contribution in [-0.2, 0) is 9.59 Å². The molecule has 29 heavy (non-hydrogen) atoms. The van der Waals surface area contributed by atoms with Gasteiger partial charge in [0.15, 0.2) is 0 Å². The number of rotatable bonds is 5. The first-order chi connectivity index (χ1) is 13.9. The minimum atomic E-state index is -1.33. The summed E-state index contributed by atoms with van der Waals surface area (Å²) in [7, 11) is 0. The number of piperidine rings is 1. The number of carbonyl (C=O) groups excluding carboxylic acids is 1. The van der Waals surface area contributed by atoms with Crippen molar-refractivity contribution in [3.05, 3.63) is 42.5 Å². The standard InChI is InChI=1S/C18H22N4O4.CH2O2/c1-2-8-18(17(25)26)10-21(9-7-15(18)23)16(24)13-5-3-4-6-14(13)22-11-19-20-12-22;2-1-3/h3-6,11-12,15,23H,2,7-10H2,1H3,(H,25,26);1H,(H,2,3)/t15-,18+;/m0./s1. The van der Waals surface area contributed by atoms with Gasteiger partial charge >= 0.3 is 5.97 Å². The number of aliphatic hydroxyl groups excluding tert-OH is 1. The van der Waals surface area contributed by atoms with Gasteiger partial charge in [0.25, 0.3) is 12.4 Å². The number of hydrogen-bond acceptors (Lipinski definition) is 6. The molecule has 2 heterocycles. The van der Waals surface area contributed by atoms with Gasteiger partial charge in [-0.15, -0.1) is 10.2 Å². The van der Waals surface area contributed by atoms with Gasteiger partial charge < -0.3 is 20.2 Å². The van der Waals surface area contributed by atoms with Crippen molar-refractivity contribution in [1.29, 1.82) is 0 Å². The minimum absolute atomic E-state index is 0.00726. The highest BCUT2D eigenvalue weighted by Crippen LogP contribution is 2.36. The van der Waals surface area contributed by atoms with Crippen LogP contribution >= 0.6 is 0 Å². The highest BCUT2D eigenvalue weighted by molar-refractivity contribution is 5.98. The number of para-hydroxylation sites is 1. The minimum Gasteiger partial charge on any atom is -0.483 e. The van der Waals surface area contributed by atoms with Crippen LogP contribution in [0.1, 0.15) is 36.5 Å². The Hall–Kier alpha value is -3.27. The molecule has 156 valence electrons. The van der Waals surface area contributed by atoms with Crippen LogP contribution in [0.2, 0.25) is 0 Å². The molecule has 1 amide bonds. The van der Waals surface area contributed by atoms with Gasteiger partial charge in [0.2, 0.25) is 0 Å². The van der Waals surface area contributed by atoms with Crippen LogP contribution in [-0.4, -0.2) is 72.5 Å². The number of aromatic nitrogens is 3. The summed E-state index contributed by atoms with van der Waals surface area (Å²) in [5, 5.41) is 34.5. The number of benzene rings is 1. The molecule has 0 spiro atoms. The number of likely N-dealkylation sites (tertiary alicyclic amines) is 1. The monoisotopic (exact) mass is 404 g/mol. The van der Waals surface area contributed by atoms with Crippen LogP contribution in [0.15, 0.2) is 36.9 Å². The summed E-state index contributed by atoms with van der Waals surface area (Å²) in [6.45, 7) is 1.93. The maximum absolute atomic E-state index is 13.1. The third-order valence-electron chi connectivity index (χ3n) is 5.02. The maximum Gasteiger partial charge on any atom is 0.314 e. The molecule has 10 nitrogen and oxygen atoms in total. The number of aliphatic hydroxyl groups is 1. The number of carboxylic acids is 1. The molecule has 2 atom stereocenters. The van der Waals surface area contributed by atoms with E-state index in [1.54, 1.807) is 22.8 Å². The molecule has 0 aliphatic carbocycles. The summed E-state index contributed by atoms with van der Waals surface area (Å²) in [4.78, 5) is 34.9. The van der Waals surface area contributed by atoms with E-state index in [1.807, 2.05) is 13.0 Å². The lowest BCUT2D eigenvalue weighted by Crippen LogP contribution is -2.57. The molecule has 1 aromatic carbocycles. The topological polar surface area (TPSA) is 146 Å². The molecule has 2 aromatic rings. The first-order valence-corrected chi connectivity index (χ1v) is 9.13. The lowest BCUT2D eigenvalue weighted by atomic mass is 9.74. The summed E-state index contributed by atoms with van der Waals surface area (Å²) in [5.74, 6) is -1.32. The van der Waals surface area contributed by atoms with Crippen molar-refractivity contribution in [2.45, 2.75) is 32.3 Å². The first-order valence-electron chi connectivity index (χ1n) is 9.13. The number of carbonyl (C=O) groups is 3. The molecule has 1 aliphatic rings. The van der Waals surface area contributed by atoms with E-state index in [0.717, 1.165) is 0 Å². The molecule has 10 heteroatoms. The van der Waals surface area contributed by atoms with Crippen LogP contribution in [0.25, 0.3) is 5.69 Å². The number of nitrogens with zero attached hydrogens (tertiary/aromatic N) is 4. The smallest absolute Gasteiger partial charge is 0.314 e. The second-order valence-electron chi connectivity index (χ2n) is 6.73. The van der Waals surface area contributed by atoms with E-state index in [9.17, 15) is 19.8 Å². The van der Waals surface area contributed by atoms with E-state index in [4.69, 9.17) is 9.90 Å². The molecule has 0 unspecified atom stereocenters. The highest BCUT2D eigenvalue weighted by Gasteiger charge is 2.49. The fourth-order valence-corrected chi connectivity index (χ4v) is 3.64. The number of amides is 1. The van der Waals surface area contributed by atoms with E-state index >= 15 is 0 Å². The van der Waals surface area contributed by atoms with Crippen LogP contribution < -0.4 is 0 Å². The van der Waals surface area contributed by atoms with Gasteiger partial charge in [-0.2, -0.15) is 0 Å². The van der Waals surface area contributed by atoms with Gasteiger partial charge in [0, 0.05) is 13.1 Å². The summed E-state index contributed by atoms with van der Waals surface area (Å²) in [6, 6.07) is 7.05. The second kappa shape index (κ2) is 9.78. The number of carboxylic acid groups (broad SMARTS) is 2. The van der Waals surface area contributed by atoms with E-state index in [-0.39, 0.29) is 25.3 Å². The van der Waals surface area contributed by atoms with E-state index in [2.05, 4.69) is 10.2 Å². The number of aliphatic carboxylic acids is 1. The van der Waals surface area contributed by atoms with Gasteiger partial charge in [-0.1, -0.05) is 25.5 Å². The Morgan fingerprint density at radius 1 is 1.28 bits per heavy atom. The van der Waals surface area contributed by atoms with Crippen molar-refractivity contribution in [3.63, 3.8) is 0 Å². The van der Waals surface area contributed by atoms with Gasteiger partial charge in [0.05, 0.1) is 17.4 Å². The molecular weight excluding hydrogens is 380 g/mol. The van der Waals surface area contributed by atoms with Crippen molar-refractivity contribution in [1.82, 2.24) is 19.7 Å². The summed E-state index contributed by atoms with van der Waals surface area (Å²) >= 11 is 0. The lowest BCUT2D eigenvalue weighted by Gasteiger charge is -2.43. The SMILES string of the molecule is CCC[C@@]1(C(=O)O)CN(C(=O)c2ccccc2-n2cnnc2)CC[C@@H]1O.O=CO. The zero-order valence-electron chi connectivity index (χ0n) is 16.0. The van der Waals surface area contributed by atoms with Gasteiger partial charge in [0.1, 0.15) is 18.1 Å². The van der Waals surface area contributed by atoms with Crippen molar-refractivity contribution in [2.24, 2.45) is 5.41 Å². The second-order valence-corrected chi connectivity index (χ2v) is 6.73. The zero-order valence-corrected chi connectivity index (χ0v) is 16.0. The van der Waals surface area contributed by atoms with Crippen LogP contribution in [0.3, 0.4) is 0 Å². The van der Waals surface area contributed by atoms with Gasteiger partial charge in [-0.3, -0.25) is 19.0 Å². The Morgan fingerprint density at radius 3 is 2.48 bits per heavy atom. The van der Waals surface area contributed by atoms with Crippen LogP contribution in [0.5, 0.6) is 0 Å². The predicted molar refractivity (Wildman–Crippen MR) is 102 cm³/mol. The van der Waals surface area contributed by atoms with E-state index < -0.39 is 17.5 Å². The molecule has 0 radical (unpaired) electrons. The Bertz CT molecular complexity index is 841. The van der Waals surface area contributed by atoms with Gasteiger partial charge in [-0.05, 0) is 25.0 Å². The summed E-state index contributed by atoms with van der Waals surface area (Å²) < 4.78 is 1.64. The first kappa shape index (κ1) is 22.0. The van der Waals surface area contributed by atoms with Crippen molar-refractivity contribution >= 4 is 18.3 Å². The van der Waals surface area contributed by atoms with Crippen LogP contribution in [0.4, 0.5) is 0 Å². The summed E-state index contributed by atoms with van der Waals surface area (Å²) in [6.07, 6.45) is 3.22. The molecule has 1 fully saturated rings. The van der Waals surface area contributed by atoms with Crippen molar-refractivity contribution in [2.75, 3.05) is 13.1 Å².